The summed E-state index contributed by atoms with van der Waals surface area (Å²) in [4.78, 5) is 29.2. The standard InChI is InChI=1S/C25H19F3N4O2/c1-16-14-22(33)23(31-32(16)21-5-3-2-4-20(21)25(26,27)28)24(34)30-19-8-6-17(7-9-19)15-18-10-12-29-13-11-18/h2-14H,15H2,1H3,(H,30,34). The van der Waals surface area contributed by atoms with E-state index in [-0.39, 0.29) is 11.4 Å². The molecular formula is C25H19F3N4O2. The van der Waals surface area contributed by atoms with Gasteiger partial charge in [0.2, 0.25) is 5.43 Å². The smallest absolute Gasteiger partial charge is 0.320 e. The SMILES string of the molecule is Cc1cc(=O)c(C(=O)Nc2ccc(Cc3ccncc3)cc2)nn1-c1ccccc1C(F)(F)F. The maximum absolute atomic E-state index is 13.5. The molecule has 0 bridgehead atoms. The van der Waals surface area contributed by atoms with E-state index < -0.39 is 28.8 Å². The number of aromatic nitrogens is 3. The van der Waals surface area contributed by atoms with Crippen LogP contribution in [-0.2, 0) is 12.6 Å². The molecule has 4 aromatic rings. The Bertz CT molecular complexity index is 1380. The van der Waals surface area contributed by atoms with Gasteiger partial charge >= 0.3 is 6.18 Å². The number of amides is 1. The zero-order valence-corrected chi connectivity index (χ0v) is 18.0. The van der Waals surface area contributed by atoms with Crippen LogP contribution in [-0.4, -0.2) is 20.7 Å². The number of carbonyl (C=O) groups is 1. The summed E-state index contributed by atoms with van der Waals surface area (Å²) in [5.74, 6) is -0.815. The van der Waals surface area contributed by atoms with Crippen molar-refractivity contribution in [2.75, 3.05) is 5.32 Å². The zero-order valence-electron chi connectivity index (χ0n) is 18.0. The minimum atomic E-state index is -4.63. The quantitative estimate of drug-likeness (QED) is 0.461. The molecular weight excluding hydrogens is 445 g/mol. The van der Waals surface area contributed by atoms with Gasteiger partial charge in [-0.1, -0.05) is 24.3 Å². The Kier molecular flexibility index (Phi) is 6.27. The molecule has 172 valence electrons. The number of nitrogens with zero attached hydrogens (tertiary/aromatic N) is 3. The fourth-order valence-electron chi connectivity index (χ4n) is 3.48. The highest BCUT2D eigenvalue weighted by Crippen LogP contribution is 2.33. The van der Waals surface area contributed by atoms with Gasteiger partial charge in [-0.25, -0.2) is 4.68 Å². The number of anilines is 1. The summed E-state index contributed by atoms with van der Waals surface area (Å²) in [7, 11) is 0. The van der Waals surface area contributed by atoms with Gasteiger partial charge in [-0.3, -0.25) is 14.6 Å². The van der Waals surface area contributed by atoms with Crippen molar-refractivity contribution in [1.29, 1.82) is 0 Å². The van der Waals surface area contributed by atoms with E-state index >= 15 is 0 Å². The molecule has 2 aromatic carbocycles. The number of hydrogen-bond donors (Lipinski definition) is 1. The van der Waals surface area contributed by atoms with Crippen molar-refractivity contribution in [3.63, 3.8) is 0 Å². The Hall–Kier alpha value is -4.27. The Labute approximate surface area is 192 Å². The summed E-state index contributed by atoms with van der Waals surface area (Å²) < 4.78 is 41.4. The van der Waals surface area contributed by atoms with Gasteiger partial charge in [-0.15, -0.1) is 0 Å². The van der Waals surface area contributed by atoms with Crippen molar-refractivity contribution < 1.29 is 18.0 Å². The molecule has 0 spiro atoms. The molecule has 0 aliphatic carbocycles. The van der Waals surface area contributed by atoms with E-state index in [1.165, 1.54) is 25.1 Å². The number of pyridine rings is 1. The summed E-state index contributed by atoms with van der Waals surface area (Å²) in [6.07, 6.45) is -0.537. The molecule has 0 saturated carbocycles. The lowest BCUT2D eigenvalue weighted by atomic mass is 10.1. The van der Waals surface area contributed by atoms with E-state index in [0.29, 0.717) is 12.1 Å². The van der Waals surface area contributed by atoms with Crippen LogP contribution in [0.1, 0.15) is 32.9 Å². The van der Waals surface area contributed by atoms with E-state index in [1.807, 2.05) is 24.3 Å². The van der Waals surface area contributed by atoms with Crippen LogP contribution in [0.3, 0.4) is 0 Å². The second-order valence-corrected chi connectivity index (χ2v) is 7.61. The van der Waals surface area contributed by atoms with Crippen LogP contribution in [0.5, 0.6) is 0 Å². The number of benzene rings is 2. The van der Waals surface area contributed by atoms with E-state index in [4.69, 9.17) is 0 Å². The lowest BCUT2D eigenvalue weighted by Gasteiger charge is -2.16. The fourth-order valence-corrected chi connectivity index (χ4v) is 3.48. The monoisotopic (exact) mass is 464 g/mol. The highest BCUT2D eigenvalue weighted by molar-refractivity contribution is 6.02. The molecule has 0 atom stereocenters. The second kappa shape index (κ2) is 9.30. The number of carbonyl (C=O) groups excluding carboxylic acids is 1. The van der Waals surface area contributed by atoms with E-state index in [2.05, 4.69) is 15.4 Å². The molecule has 1 amide bonds. The number of hydrogen-bond acceptors (Lipinski definition) is 4. The van der Waals surface area contributed by atoms with E-state index in [9.17, 15) is 22.8 Å². The summed E-state index contributed by atoms with van der Waals surface area (Å²) in [5.41, 5.74) is 0.270. The van der Waals surface area contributed by atoms with Crippen molar-refractivity contribution >= 4 is 11.6 Å². The summed E-state index contributed by atoms with van der Waals surface area (Å²) in [6, 6.07) is 16.8. The number of aryl methyl sites for hydroxylation is 1. The van der Waals surface area contributed by atoms with Crippen LogP contribution in [0.2, 0.25) is 0 Å². The molecule has 0 radical (unpaired) electrons. The fraction of sp³-hybridized carbons (Fsp3) is 0.120. The minimum Gasteiger partial charge on any atom is -0.320 e. The molecule has 1 N–H and O–H groups in total. The van der Waals surface area contributed by atoms with Crippen molar-refractivity contribution in [1.82, 2.24) is 14.8 Å². The average Bonchev–Trinajstić information content (AvgIpc) is 2.80. The van der Waals surface area contributed by atoms with Gasteiger partial charge < -0.3 is 5.32 Å². The maximum atomic E-state index is 13.5. The van der Waals surface area contributed by atoms with Gasteiger partial charge in [0, 0.05) is 29.8 Å². The molecule has 4 rings (SSSR count). The number of halogens is 3. The van der Waals surface area contributed by atoms with Crippen LogP contribution in [0.25, 0.3) is 5.69 Å². The third-order valence-corrected chi connectivity index (χ3v) is 5.13. The second-order valence-electron chi connectivity index (χ2n) is 7.61. The third kappa shape index (κ3) is 5.03. The Morgan fingerprint density at radius 2 is 1.62 bits per heavy atom. The molecule has 0 saturated heterocycles. The highest BCUT2D eigenvalue weighted by Gasteiger charge is 2.34. The van der Waals surface area contributed by atoms with Gasteiger partial charge in [0.1, 0.15) is 0 Å². The molecule has 6 nitrogen and oxygen atoms in total. The number of nitrogens with one attached hydrogen (secondary N) is 1. The first-order valence-electron chi connectivity index (χ1n) is 10.3. The molecule has 0 fully saturated rings. The van der Waals surface area contributed by atoms with Crippen molar-refractivity contribution in [3.05, 3.63) is 117 Å². The Morgan fingerprint density at radius 1 is 0.971 bits per heavy atom. The highest BCUT2D eigenvalue weighted by atomic mass is 19.4. The first-order chi connectivity index (χ1) is 16.2. The summed E-state index contributed by atoms with van der Waals surface area (Å²) in [6.45, 7) is 1.45. The van der Waals surface area contributed by atoms with Crippen molar-refractivity contribution in [3.8, 4) is 5.69 Å². The van der Waals surface area contributed by atoms with Crippen LogP contribution < -0.4 is 10.7 Å². The van der Waals surface area contributed by atoms with Crippen molar-refractivity contribution in [2.24, 2.45) is 0 Å². The van der Waals surface area contributed by atoms with Gasteiger partial charge in [0.25, 0.3) is 5.91 Å². The van der Waals surface area contributed by atoms with Gasteiger partial charge in [0.15, 0.2) is 5.69 Å². The summed E-state index contributed by atoms with van der Waals surface area (Å²) >= 11 is 0. The predicted molar refractivity (Wildman–Crippen MR) is 121 cm³/mol. The lowest BCUT2D eigenvalue weighted by molar-refractivity contribution is -0.137. The Balaban J connectivity index is 1.60. The lowest BCUT2D eigenvalue weighted by Crippen LogP contribution is -2.27. The molecule has 34 heavy (non-hydrogen) atoms. The van der Waals surface area contributed by atoms with Crippen LogP contribution in [0.4, 0.5) is 18.9 Å². The van der Waals surface area contributed by atoms with Crippen molar-refractivity contribution in [2.45, 2.75) is 19.5 Å². The van der Waals surface area contributed by atoms with E-state index in [1.54, 1.807) is 24.5 Å². The first kappa shape index (κ1) is 22.9. The third-order valence-electron chi connectivity index (χ3n) is 5.13. The molecule has 0 unspecified atom stereocenters. The molecule has 9 heteroatoms. The number of alkyl halides is 3. The molecule has 0 aliphatic rings. The normalized spacial score (nSPS) is 11.3. The first-order valence-corrected chi connectivity index (χ1v) is 10.3. The number of para-hydroxylation sites is 1. The zero-order chi connectivity index (χ0) is 24.3. The van der Waals surface area contributed by atoms with Gasteiger partial charge in [-0.2, -0.15) is 18.3 Å². The minimum absolute atomic E-state index is 0.165. The van der Waals surface area contributed by atoms with Gasteiger partial charge in [-0.05, 0) is 60.9 Å². The van der Waals surface area contributed by atoms with Crippen LogP contribution in [0, 0.1) is 6.92 Å². The topological polar surface area (TPSA) is 76.9 Å². The molecule has 0 aliphatic heterocycles. The summed E-state index contributed by atoms with van der Waals surface area (Å²) in [5, 5.41) is 6.56. The molecule has 2 aromatic heterocycles. The Morgan fingerprint density at radius 3 is 2.29 bits per heavy atom. The van der Waals surface area contributed by atoms with Gasteiger partial charge in [0.05, 0.1) is 11.3 Å². The van der Waals surface area contributed by atoms with Crippen LogP contribution >= 0.6 is 0 Å². The maximum Gasteiger partial charge on any atom is 0.418 e. The predicted octanol–water partition coefficient (Wildman–Crippen LogP) is 4.80. The van der Waals surface area contributed by atoms with Crippen LogP contribution in [0.15, 0.2) is 83.9 Å². The van der Waals surface area contributed by atoms with E-state index in [0.717, 1.165) is 27.9 Å². The largest absolute Gasteiger partial charge is 0.418 e. The average molecular weight is 464 g/mol. The molecule has 2 heterocycles. The number of rotatable bonds is 5.